The maximum atomic E-state index is 12.9. The van der Waals surface area contributed by atoms with Crippen molar-refractivity contribution in [2.24, 2.45) is 5.92 Å². The van der Waals surface area contributed by atoms with Crippen LogP contribution in [0.25, 0.3) is 0 Å². The third kappa shape index (κ3) is 5.05. The van der Waals surface area contributed by atoms with Crippen LogP contribution in [0.15, 0.2) is 55.0 Å². The minimum absolute atomic E-state index is 0.0578. The average Bonchev–Trinajstić information content (AvgIpc) is 3.28. The molecule has 0 N–H and O–H groups in total. The van der Waals surface area contributed by atoms with E-state index in [0.717, 1.165) is 37.9 Å². The molecule has 6 heteroatoms. The van der Waals surface area contributed by atoms with Crippen LogP contribution in [-0.2, 0) is 24.3 Å². The molecule has 4 nitrogen and oxygen atoms in total. The summed E-state index contributed by atoms with van der Waals surface area (Å²) in [4.78, 5) is 19.1. The van der Waals surface area contributed by atoms with Gasteiger partial charge in [-0.05, 0) is 55.5 Å². The number of benzene rings is 2. The maximum absolute atomic E-state index is 12.9. The Morgan fingerprint density at radius 1 is 1.03 bits per heavy atom. The molecule has 2 heterocycles. The average molecular weight is 442 g/mol. The Morgan fingerprint density at radius 2 is 1.77 bits per heavy atom. The van der Waals surface area contributed by atoms with E-state index in [9.17, 15) is 4.79 Å². The fourth-order valence-electron chi connectivity index (χ4n) is 4.06. The molecule has 1 fully saturated rings. The van der Waals surface area contributed by atoms with Crippen molar-refractivity contribution in [2.75, 3.05) is 6.54 Å². The molecule has 0 spiro atoms. The molecule has 4 rings (SSSR count). The normalized spacial score (nSPS) is 16.4. The summed E-state index contributed by atoms with van der Waals surface area (Å²) in [5.41, 5.74) is 4.65. The third-order valence-electron chi connectivity index (χ3n) is 5.73. The summed E-state index contributed by atoms with van der Waals surface area (Å²) in [5.74, 6) is 0.276. The van der Waals surface area contributed by atoms with Crippen molar-refractivity contribution in [1.29, 1.82) is 0 Å². The monoisotopic (exact) mass is 441 g/mol. The number of likely N-dealkylation sites (tertiary alicyclic amines) is 1. The van der Waals surface area contributed by atoms with Crippen molar-refractivity contribution in [2.45, 2.75) is 39.3 Å². The lowest BCUT2D eigenvalue weighted by Gasteiger charge is -2.17. The summed E-state index contributed by atoms with van der Waals surface area (Å²) in [6.07, 6.45) is 6.36. The van der Waals surface area contributed by atoms with Gasteiger partial charge in [-0.15, -0.1) is 0 Å². The van der Waals surface area contributed by atoms with Gasteiger partial charge in [-0.1, -0.05) is 53.0 Å². The molecule has 1 amide bonds. The molecular formula is C24H25Cl2N3O. The fourth-order valence-corrected chi connectivity index (χ4v) is 4.63. The van der Waals surface area contributed by atoms with Gasteiger partial charge in [0.2, 0.25) is 5.91 Å². The van der Waals surface area contributed by atoms with Crippen LogP contribution >= 0.6 is 23.2 Å². The molecule has 1 aliphatic heterocycles. The van der Waals surface area contributed by atoms with Gasteiger partial charge in [0, 0.05) is 47.5 Å². The highest BCUT2D eigenvalue weighted by Crippen LogP contribution is 2.27. The maximum Gasteiger partial charge on any atom is 0.226 e. The van der Waals surface area contributed by atoms with Crippen LogP contribution in [0, 0.1) is 12.8 Å². The topological polar surface area (TPSA) is 38.1 Å². The van der Waals surface area contributed by atoms with Crippen LogP contribution in [0.3, 0.4) is 0 Å². The minimum atomic E-state index is 0.0578. The predicted molar refractivity (Wildman–Crippen MR) is 121 cm³/mol. The molecule has 1 aliphatic rings. The van der Waals surface area contributed by atoms with Crippen molar-refractivity contribution >= 4 is 29.1 Å². The van der Waals surface area contributed by atoms with Crippen LogP contribution < -0.4 is 0 Å². The Morgan fingerprint density at radius 3 is 2.50 bits per heavy atom. The number of hydrogen-bond donors (Lipinski definition) is 0. The summed E-state index contributed by atoms with van der Waals surface area (Å²) in [6.45, 7) is 4.22. The zero-order valence-electron chi connectivity index (χ0n) is 17.0. The van der Waals surface area contributed by atoms with Gasteiger partial charge in [0.15, 0.2) is 0 Å². The second-order valence-electron chi connectivity index (χ2n) is 8.06. The number of carbonyl (C=O) groups excluding carboxylic acids is 1. The van der Waals surface area contributed by atoms with E-state index in [1.165, 1.54) is 16.8 Å². The van der Waals surface area contributed by atoms with E-state index >= 15 is 0 Å². The van der Waals surface area contributed by atoms with E-state index in [-0.39, 0.29) is 11.8 Å². The van der Waals surface area contributed by atoms with Crippen molar-refractivity contribution in [3.8, 4) is 0 Å². The van der Waals surface area contributed by atoms with Crippen molar-refractivity contribution < 1.29 is 4.79 Å². The molecule has 0 aliphatic carbocycles. The van der Waals surface area contributed by atoms with Crippen LogP contribution in [0.5, 0.6) is 0 Å². The molecule has 1 atom stereocenters. The number of aromatic nitrogens is 2. The van der Waals surface area contributed by atoms with E-state index in [1.54, 1.807) is 6.07 Å². The zero-order chi connectivity index (χ0) is 21.1. The first-order chi connectivity index (χ1) is 14.5. The fraction of sp³-hybridized carbons (Fsp3) is 0.333. The zero-order valence-corrected chi connectivity index (χ0v) is 18.5. The Bertz CT molecular complexity index is 1010. The van der Waals surface area contributed by atoms with E-state index in [0.29, 0.717) is 16.6 Å². The van der Waals surface area contributed by atoms with E-state index in [2.05, 4.69) is 40.7 Å². The molecule has 2 aromatic carbocycles. The number of halogens is 2. The van der Waals surface area contributed by atoms with Crippen LogP contribution in [-0.4, -0.2) is 26.9 Å². The van der Waals surface area contributed by atoms with E-state index in [1.807, 2.05) is 29.6 Å². The largest absolute Gasteiger partial charge is 0.338 e. The summed E-state index contributed by atoms with van der Waals surface area (Å²) < 4.78 is 2.18. The first kappa shape index (κ1) is 21.0. The van der Waals surface area contributed by atoms with E-state index in [4.69, 9.17) is 23.2 Å². The number of nitrogens with zero attached hydrogens (tertiary/aromatic N) is 3. The Balaban J connectivity index is 1.34. The number of imidazole rings is 1. The third-order valence-corrected chi connectivity index (χ3v) is 6.16. The highest BCUT2D eigenvalue weighted by molar-refractivity contribution is 6.34. The standard InChI is InChI=1S/C24H25Cl2N3O/c1-17-2-4-18(5-3-17)14-29-16-27-13-23(29)7-6-20-8-9-28(24(20)30)15-19-10-21(25)12-22(26)11-19/h2-5,10-13,16,20H,6-9,14-15H2,1H3/t20-/m0/s1. The molecule has 0 bridgehead atoms. The highest BCUT2D eigenvalue weighted by atomic mass is 35.5. The number of hydrogen-bond acceptors (Lipinski definition) is 2. The lowest BCUT2D eigenvalue weighted by molar-refractivity contribution is -0.131. The number of rotatable bonds is 7. The smallest absolute Gasteiger partial charge is 0.226 e. The SMILES string of the molecule is Cc1ccc(Cn2cncc2CC[C@H]2CCN(Cc3cc(Cl)cc(Cl)c3)C2=O)cc1. The van der Waals surface area contributed by atoms with Gasteiger partial charge < -0.3 is 9.47 Å². The second kappa shape index (κ2) is 9.23. The van der Waals surface area contributed by atoms with Gasteiger partial charge in [-0.3, -0.25) is 4.79 Å². The molecule has 0 radical (unpaired) electrons. The summed E-state index contributed by atoms with van der Waals surface area (Å²) in [6, 6.07) is 14.0. The number of amides is 1. The summed E-state index contributed by atoms with van der Waals surface area (Å²) >= 11 is 12.2. The van der Waals surface area contributed by atoms with Crippen LogP contribution in [0.2, 0.25) is 10.0 Å². The van der Waals surface area contributed by atoms with Gasteiger partial charge in [-0.2, -0.15) is 0 Å². The molecule has 0 unspecified atom stereocenters. The van der Waals surface area contributed by atoms with Gasteiger partial charge in [-0.25, -0.2) is 4.98 Å². The Labute approximate surface area is 187 Å². The molecule has 1 aromatic heterocycles. The molecule has 156 valence electrons. The number of aryl methyl sites for hydroxylation is 2. The van der Waals surface area contributed by atoms with Crippen molar-refractivity contribution in [1.82, 2.24) is 14.5 Å². The highest BCUT2D eigenvalue weighted by Gasteiger charge is 2.31. The second-order valence-corrected chi connectivity index (χ2v) is 8.93. The number of carbonyl (C=O) groups is 1. The van der Waals surface area contributed by atoms with Crippen LogP contribution in [0.1, 0.15) is 35.2 Å². The summed E-state index contributed by atoms with van der Waals surface area (Å²) in [5, 5.41) is 1.20. The molecule has 3 aromatic rings. The molecule has 30 heavy (non-hydrogen) atoms. The van der Waals surface area contributed by atoms with Crippen molar-refractivity contribution in [3.05, 3.63) is 87.4 Å². The van der Waals surface area contributed by atoms with Gasteiger partial charge >= 0.3 is 0 Å². The predicted octanol–water partition coefficient (Wildman–Crippen LogP) is 5.53. The quantitative estimate of drug-likeness (QED) is 0.483. The molecule has 0 saturated carbocycles. The van der Waals surface area contributed by atoms with Gasteiger partial charge in [0.1, 0.15) is 0 Å². The Kier molecular flexibility index (Phi) is 6.45. The first-order valence-electron chi connectivity index (χ1n) is 10.3. The minimum Gasteiger partial charge on any atom is -0.338 e. The van der Waals surface area contributed by atoms with Crippen LogP contribution in [0.4, 0.5) is 0 Å². The lowest BCUT2D eigenvalue weighted by Crippen LogP contribution is -2.27. The molecular weight excluding hydrogens is 417 g/mol. The first-order valence-corrected chi connectivity index (χ1v) is 11.0. The van der Waals surface area contributed by atoms with E-state index < -0.39 is 0 Å². The lowest BCUT2D eigenvalue weighted by atomic mass is 10.0. The van der Waals surface area contributed by atoms with Gasteiger partial charge in [0.05, 0.1) is 6.33 Å². The summed E-state index contributed by atoms with van der Waals surface area (Å²) in [7, 11) is 0. The Hall–Kier alpha value is -2.30. The van der Waals surface area contributed by atoms with Gasteiger partial charge in [0.25, 0.3) is 0 Å². The van der Waals surface area contributed by atoms with Crippen molar-refractivity contribution in [3.63, 3.8) is 0 Å². The molecule has 1 saturated heterocycles.